The number of benzene rings is 1. The number of rotatable bonds is 8. The minimum absolute atomic E-state index is 0.0597. The van der Waals surface area contributed by atoms with E-state index < -0.39 is 10.0 Å². The molecule has 0 aliphatic carbocycles. The number of nitrogens with one attached hydrogen (secondary N) is 1. The molecule has 0 saturated heterocycles. The van der Waals surface area contributed by atoms with E-state index in [0.717, 1.165) is 43.1 Å². The summed E-state index contributed by atoms with van der Waals surface area (Å²) in [6.45, 7) is 9.54. The van der Waals surface area contributed by atoms with Gasteiger partial charge in [0.25, 0.3) is 0 Å². The highest BCUT2D eigenvalue weighted by Gasteiger charge is 2.22. The lowest BCUT2D eigenvalue weighted by atomic mass is 10.2. The molecule has 0 atom stereocenters. The van der Waals surface area contributed by atoms with Crippen molar-refractivity contribution in [3.8, 4) is 0 Å². The fraction of sp³-hybridized carbons (Fsp3) is 0.611. The topological polar surface area (TPSA) is 69.7 Å². The first kappa shape index (κ1) is 21.2. The third-order valence-electron chi connectivity index (χ3n) is 4.53. The van der Waals surface area contributed by atoms with Crippen LogP contribution in [-0.4, -0.2) is 57.7 Å². The van der Waals surface area contributed by atoms with Gasteiger partial charge in [0.1, 0.15) is 0 Å². The van der Waals surface area contributed by atoms with Crippen molar-refractivity contribution in [1.29, 1.82) is 0 Å². The first-order chi connectivity index (χ1) is 12.4. The SMILES string of the molecule is CCN(CC)CCCNS(=O)(=O)c1ccc2c(c1)N(C(C)=O)CCCS2. The lowest BCUT2D eigenvalue weighted by Crippen LogP contribution is -2.31. The van der Waals surface area contributed by atoms with E-state index in [1.54, 1.807) is 28.8 Å². The highest BCUT2D eigenvalue weighted by atomic mass is 32.2. The molecular weight excluding hydrogens is 370 g/mol. The summed E-state index contributed by atoms with van der Waals surface area (Å²) in [6.07, 6.45) is 1.66. The standard InChI is InChI=1S/C18H29N3O3S2/c1-4-20(5-2)11-6-10-19-26(23,24)16-8-9-18-17(14-16)21(15(3)22)12-7-13-25-18/h8-9,14,19H,4-7,10-13H2,1-3H3. The molecule has 0 spiro atoms. The van der Waals surface area contributed by atoms with Crippen LogP contribution in [-0.2, 0) is 14.8 Å². The number of nitrogens with zero attached hydrogens (tertiary/aromatic N) is 2. The van der Waals surface area contributed by atoms with Gasteiger partial charge in [-0.1, -0.05) is 13.8 Å². The molecule has 6 nitrogen and oxygen atoms in total. The van der Waals surface area contributed by atoms with Gasteiger partial charge in [-0.3, -0.25) is 4.79 Å². The third kappa shape index (κ3) is 5.45. The van der Waals surface area contributed by atoms with Crippen molar-refractivity contribution in [1.82, 2.24) is 9.62 Å². The van der Waals surface area contributed by atoms with Crippen LogP contribution in [0.3, 0.4) is 0 Å². The lowest BCUT2D eigenvalue weighted by molar-refractivity contribution is -0.116. The van der Waals surface area contributed by atoms with E-state index in [-0.39, 0.29) is 10.8 Å². The average molecular weight is 400 g/mol. The summed E-state index contributed by atoms with van der Waals surface area (Å²) < 4.78 is 27.9. The van der Waals surface area contributed by atoms with Crippen LogP contribution in [0.1, 0.15) is 33.6 Å². The Kier molecular flexibility index (Phi) is 7.94. The maximum atomic E-state index is 12.6. The van der Waals surface area contributed by atoms with Gasteiger partial charge >= 0.3 is 0 Å². The number of anilines is 1. The van der Waals surface area contributed by atoms with Gasteiger partial charge < -0.3 is 9.80 Å². The van der Waals surface area contributed by atoms with Gasteiger partial charge in [-0.15, -0.1) is 11.8 Å². The molecule has 1 aromatic carbocycles. The first-order valence-corrected chi connectivity index (χ1v) is 11.6. The number of sulfonamides is 1. The number of fused-ring (bicyclic) bond motifs is 1. The smallest absolute Gasteiger partial charge is 0.240 e. The molecule has 1 heterocycles. The van der Waals surface area contributed by atoms with Crippen LogP contribution in [0, 0.1) is 0 Å². The normalized spacial score (nSPS) is 15.0. The summed E-state index contributed by atoms with van der Waals surface area (Å²) in [4.78, 5) is 17.1. The lowest BCUT2D eigenvalue weighted by Gasteiger charge is -2.21. The molecule has 0 saturated carbocycles. The molecule has 8 heteroatoms. The van der Waals surface area contributed by atoms with Crippen molar-refractivity contribution in [2.24, 2.45) is 0 Å². The largest absolute Gasteiger partial charge is 0.311 e. The number of hydrogen-bond acceptors (Lipinski definition) is 5. The molecule has 2 rings (SSSR count). The van der Waals surface area contributed by atoms with Gasteiger partial charge in [-0.05, 0) is 56.4 Å². The van der Waals surface area contributed by atoms with Crippen molar-refractivity contribution >= 4 is 33.4 Å². The summed E-state index contributed by atoms with van der Waals surface area (Å²) in [7, 11) is -3.58. The number of carbonyl (C=O) groups is 1. The molecular formula is C18H29N3O3S2. The molecule has 0 unspecified atom stereocenters. The van der Waals surface area contributed by atoms with Crippen molar-refractivity contribution in [2.45, 2.75) is 43.4 Å². The number of thioether (sulfide) groups is 1. The highest BCUT2D eigenvalue weighted by molar-refractivity contribution is 7.99. The molecule has 1 aliphatic heterocycles. The second kappa shape index (κ2) is 9.73. The Balaban J connectivity index is 2.11. The zero-order chi connectivity index (χ0) is 19.2. The molecule has 0 radical (unpaired) electrons. The van der Waals surface area contributed by atoms with E-state index in [2.05, 4.69) is 23.5 Å². The average Bonchev–Trinajstić information content (AvgIpc) is 2.83. The van der Waals surface area contributed by atoms with E-state index in [4.69, 9.17) is 0 Å². The second-order valence-electron chi connectivity index (χ2n) is 6.28. The van der Waals surface area contributed by atoms with Crippen LogP contribution in [0.25, 0.3) is 0 Å². The van der Waals surface area contributed by atoms with Gasteiger partial charge in [-0.25, -0.2) is 13.1 Å². The van der Waals surface area contributed by atoms with E-state index >= 15 is 0 Å². The van der Waals surface area contributed by atoms with E-state index in [0.29, 0.717) is 18.8 Å². The Labute approximate surface area is 161 Å². The van der Waals surface area contributed by atoms with Crippen molar-refractivity contribution in [2.75, 3.05) is 43.4 Å². The molecule has 0 bridgehead atoms. The van der Waals surface area contributed by atoms with Gasteiger partial charge in [0, 0.05) is 24.9 Å². The van der Waals surface area contributed by atoms with Crippen LogP contribution in [0.15, 0.2) is 28.0 Å². The monoisotopic (exact) mass is 399 g/mol. The molecule has 26 heavy (non-hydrogen) atoms. The third-order valence-corrected chi connectivity index (χ3v) is 7.14. The highest BCUT2D eigenvalue weighted by Crippen LogP contribution is 2.35. The minimum Gasteiger partial charge on any atom is -0.311 e. The zero-order valence-corrected chi connectivity index (χ0v) is 17.5. The summed E-state index contributed by atoms with van der Waals surface area (Å²) in [5.41, 5.74) is 0.700. The minimum atomic E-state index is -3.58. The van der Waals surface area contributed by atoms with E-state index in [1.807, 2.05) is 6.07 Å². The Morgan fingerprint density at radius 2 is 2.04 bits per heavy atom. The van der Waals surface area contributed by atoms with Crippen molar-refractivity contribution in [3.05, 3.63) is 18.2 Å². The van der Waals surface area contributed by atoms with Gasteiger partial charge in [0.2, 0.25) is 15.9 Å². The zero-order valence-electron chi connectivity index (χ0n) is 15.8. The quantitative estimate of drug-likeness (QED) is 0.681. The Hall–Kier alpha value is -1.09. The molecule has 1 amide bonds. The van der Waals surface area contributed by atoms with Crippen LogP contribution in [0.2, 0.25) is 0 Å². The maximum absolute atomic E-state index is 12.6. The van der Waals surface area contributed by atoms with E-state index in [9.17, 15) is 13.2 Å². The fourth-order valence-electron chi connectivity index (χ4n) is 2.98. The summed E-state index contributed by atoms with van der Waals surface area (Å²) in [6, 6.07) is 5.07. The predicted octanol–water partition coefficient (Wildman–Crippen LogP) is 2.55. The maximum Gasteiger partial charge on any atom is 0.240 e. The predicted molar refractivity (Wildman–Crippen MR) is 107 cm³/mol. The van der Waals surface area contributed by atoms with Gasteiger partial charge in [0.05, 0.1) is 10.6 Å². The molecule has 0 aromatic heterocycles. The van der Waals surface area contributed by atoms with Crippen LogP contribution in [0.5, 0.6) is 0 Å². The fourth-order valence-corrected chi connectivity index (χ4v) is 5.05. The van der Waals surface area contributed by atoms with Crippen LogP contribution in [0.4, 0.5) is 5.69 Å². The van der Waals surface area contributed by atoms with Crippen molar-refractivity contribution in [3.63, 3.8) is 0 Å². The molecule has 146 valence electrons. The molecule has 1 N–H and O–H groups in total. The Bertz CT molecular complexity index is 718. The summed E-state index contributed by atoms with van der Waals surface area (Å²) >= 11 is 1.67. The van der Waals surface area contributed by atoms with Crippen LogP contribution >= 0.6 is 11.8 Å². The van der Waals surface area contributed by atoms with E-state index in [1.165, 1.54) is 6.92 Å². The molecule has 1 aliphatic rings. The first-order valence-electron chi connectivity index (χ1n) is 9.16. The van der Waals surface area contributed by atoms with Crippen LogP contribution < -0.4 is 9.62 Å². The summed E-state index contributed by atoms with van der Waals surface area (Å²) in [5.74, 6) is 0.863. The molecule has 1 aromatic rings. The molecule has 0 fully saturated rings. The second-order valence-corrected chi connectivity index (χ2v) is 9.18. The Morgan fingerprint density at radius 1 is 1.31 bits per heavy atom. The van der Waals surface area contributed by atoms with Crippen molar-refractivity contribution < 1.29 is 13.2 Å². The Morgan fingerprint density at radius 3 is 2.69 bits per heavy atom. The number of carbonyl (C=O) groups excluding carboxylic acids is 1. The van der Waals surface area contributed by atoms with Gasteiger partial charge in [0.15, 0.2) is 0 Å². The summed E-state index contributed by atoms with van der Waals surface area (Å²) in [5, 5.41) is 0. The number of hydrogen-bond donors (Lipinski definition) is 1. The number of amides is 1. The van der Waals surface area contributed by atoms with Gasteiger partial charge in [-0.2, -0.15) is 0 Å².